The Morgan fingerprint density at radius 1 is 1.17 bits per heavy atom. The third-order valence-corrected chi connectivity index (χ3v) is 3.75. The lowest BCUT2D eigenvalue weighted by Crippen LogP contribution is -2.52. The molecule has 0 saturated carbocycles. The van der Waals surface area contributed by atoms with Gasteiger partial charge >= 0.3 is 17.9 Å². The summed E-state index contributed by atoms with van der Waals surface area (Å²) in [7, 11) is 2.15. The summed E-state index contributed by atoms with van der Waals surface area (Å²) in [5.41, 5.74) is 0. The van der Waals surface area contributed by atoms with Crippen LogP contribution in [0, 0.1) is 11.8 Å². The SMILES string of the molecule is COC(=O)C(C(=O)OC)[C@@H](C)[C@@H](NC(=O)[C@@H]1CCCO1)C(=O)O. The van der Waals surface area contributed by atoms with Crippen molar-refractivity contribution in [2.75, 3.05) is 20.8 Å². The normalized spacial score (nSPS) is 19.7. The molecule has 0 spiro atoms. The predicted octanol–water partition coefficient (Wildman–Crippen LogP) is -0.667. The van der Waals surface area contributed by atoms with Gasteiger partial charge < -0.3 is 24.6 Å². The lowest BCUT2D eigenvalue weighted by atomic mass is 9.87. The minimum absolute atomic E-state index is 0.429. The Balaban J connectivity index is 2.92. The molecule has 1 heterocycles. The molecule has 2 N–H and O–H groups in total. The molecule has 0 bridgehead atoms. The molecule has 0 aliphatic carbocycles. The quantitative estimate of drug-likeness (QED) is 0.464. The number of aliphatic carboxylic acids is 1. The topological polar surface area (TPSA) is 128 Å². The van der Waals surface area contributed by atoms with Gasteiger partial charge in [-0.25, -0.2) is 4.79 Å². The zero-order chi connectivity index (χ0) is 17.6. The zero-order valence-corrected chi connectivity index (χ0v) is 13.2. The number of hydrogen-bond acceptors (Lipinski definition) is 7. The number of hydrogen-bond donors (Lipinski definition) is 2. The van der Waals surface area contributed by atoms with Crippen LogP contribution in [0.3, 0.4) is 0 Å². The van der Waals surface area contributed by atoms with Crippen LogP contribution in [0.2, 0.25) is 0 Å². The molecule has 1 amide bonds. The molecular weight excluding hydrogens is 310 g/mol. The second-order valence-corrected chi connectivity index (χ2v) is 5.21. The molecular formula is C14H21NO8. The Kier molecular flexibility index (Phi) is 6.95. The first kappa shape index (κ1) is 18.9. The molecule has 1 aliphatic rings. The Morgan fingerprint density at radius 2 is 1.74 bits per heavy atom. The second kappa shape index (κ2) is 8.47. The summed E-state index contributed by atoms with van der Waals surface area (Å²) in [5, 5.41) is 11.7. The number of carboxylic acids is 1. The predicted molar refractivity (Wildman–Crippen MR) is 75.2 cm³/mol. The zero-order valence-electron chi connectivity index (χ0n) is 13.2. The monoisotopic (exact) mass is 331 g/mol. The second-order valence-electron chi connectivity index (χ2n) is 5.21. The molecule has 3 atom stereocenters. The molecule has 9 heteroatoms. The van der Waals surface area contributed by atoms with Crippen molar-refractivity contribution < 1.29 is 38.5 Å². The maximum Gasteiger partial charge on any atom is 0.326 e. The van der Waals surface area contributed by atoms with Crippen molar-refractivity contribution >= 4 is 23.8 Å². The average molecular weight is 331 g/mol. The van der Waals surface area contributed by atoms with Gasteiger partial charge in [-0.2, -0.15) is 0 Å². The van der Waals surface area contributed by atoms with E-state index >= 15 is 0 Å². The van der Waals surface area contributed by atoms with E-state index in [1.807, 2.05) is 0 Å². The van der Waals surface area contributed by atoms with Gasteiger partial charge in [0.2, 0.25) is 5.91 Å². The molecule has 1 aliphatic heterocycles. The van der Waals surface area contributed by atoms with E-state index in [1.54, 1.807) is 0 Å². The van der Waals surface area contributed by atoms with E-state index in [0.717, 1.165) is 14.2 Å². The van der Waals surface area contributed by atoms with Crippen molar-refractivity contribution in [2.24, 2.45) is 11.8 Å². The fraction of sp³-hybridized carbons (Fsp3) is 0.714. The van der Waals surface area contributed by atoms with Crippen molar-refractivity contribution in [2.45, 2.75) is 31.9 Å². The van der Waals surface area contributed by atoms with Crippen LogP contribution in [0.15, 0.2) is 0 Å². The molecule has 0 aromatic rings. The van der Waals surface area contributed by atoms with Gasteiger partial charge in [-0.15, -0.1) is 0 Å². The van der Waals surface area contributed by atoms with Gasteiger partial charge in [-0.1, -0.05) is 6.92 Å². The first-order chi connectivity index (χ1) is 10.8. The summed E-state index contributed by atoms with van der Waals surface area (Å²) >= 11 is 0. The van der Waals surface area contributed by atoms with E-state index in [2.05, 4.69) is 14.8 Å². The molecule has 130 valence electrons. The number of carbonyl (C=O) groups is 4. The number of carboxylic acid groups (broad SMARTS) is 1. The van der Waals surface area contributed by atoms with E-state index in [0.29, 0.717) is 19.4 Å². The largest absolute Gasteiger partial charge is 0.480 e. The van der Waals surface area contributed by atoms with E-state index in [1.165, 1.54) is 6.92 Å². The van der Waals surface area contributed by atoms with Crippen LogP contribution >= 0.6 is 0 Å². The van der Waals surface area contributed by atoms with E-state index in [4.69, 9.17) is 4.74 Å². The molecule has 1 saturated heterocycles. The van der Waals surface area contributed by atoms with Crippen LogP contribution in [0.4, 0.5) is 0 Å². The van der Waals surface area contributed by atoms with Gasteiger partial charge in [-0.3, -0.25) is 14.4 Å². The maximum absolute atomic E-state index is 12.0. The Hall–Kier alpha value is -2.16. The van der Waals surface area contributed by atoms with E-state index in [9.17, 15) is 24.3 Å². The fourth-order valence-corrected chi connectivity index (χ4v) is 2.42. The minimum atomic E-state index is -1.46. The van der Waals surface area contributed by atoms with E-state index in [-0.39, 0.29) is 0 Å². The van der Waals surface area contributed by atoms with Crippen molar-refractivity contribution in [3.8, 4) is 0 Å². The van der Waals surface area contributed by atoms with Crippen molar-refractivity contribution in [1.82, 2.24) is 5.32 Å². The summed E-state index contributed by atoms with van der Waals surface area (Å²) in [4.78, 5) is 47.0. The van der Waals surface area contributed by atoms with Gasteiger partial charge in [-0.05, 0) is 12.8 Å². The van der Waals surface area contributed by atoms with Crippen LogP contribution in [0.1, 0.15) is 19.8 Å². The van der Waals surface area contributed by atoms with Gasteiger partial charge in [0.05, 0.1) is 14.2 Å². The Labute approximate surface area is 133 Å². The lowest BCUT2D eigenvalue weighted by Gasteiger charge is -2.26. The van der Waals surface area contributed by atoms with Gasteiger partial charge in [0.25, 0.3) is 0 Å². The molecule has 0 unspecified atom stereocenters. The van der Waals surface area contributed by atoms with Gasteiger partial charge in [0.15, 0.2) is 5.92 Å². The number of rotatable bonds is 7. The highest BCUT2D eigenvalue weighted by atomic mass is 16.5. The van der Waals surface area contributed by atoms with Crippen LogP contribution in [0.5, 0.6) is 0 Å². The maximum atomic E-state index is 12.0. The standard InChI is InChI=1S/C14H21NO8/c1-7(9(13(19)21-2)14(20)22-3)10(12(17)18)15-11(16)8-5-4-6-23-8/h7-10H,4-6H2,1-3H3,(H,15,16)(H,17,18)/t7-,8+,10-/m1/s1. The number of ether oxygens (including phenoxy) is 3. The summed E-state index contributed by atoms with van der Waals surface area (Å²) in [6, 6.07) is -1.46. The molecule has 0 aromatic carbocycles. The van der Waals surface area contributed by atoms with Crippen molar-refractivity contribution in [1.29, 1.82) is 0 Å². The first-order valence-corrected chi connectivity index (χ1v) is 7.13. The third-order valence-electron chi connectivity index (χ3n) is 3.75. The van der Waals surface area contributed by atoms with E-state index < -0.39 is 47.8 Å². The van der Waals surface area contributed by atoms with Crippen LogP contribution < -0.4 is 5.32 Å². The Morgan fingerprint density at radius 3 is 2.13 bits per heavy atom. The summed E-state index contributed by atoms with van der Waals surface area (Å²) in [5.74, 6) is -6.35. The molecule has 0 aromatic heterocycles. The molecule has 9 nitrogen and oxygen atoms in total. The number of carbonyl (C=O) groups excluding carboxylic acids is 3. The number of esters is 2. The molecule has 0 radical (unpaired) electrons. The molecule has 23 heavy (non-hydrogen) atoms. The summed E-state index contributed by atoms with van der Waals surface area (Å²) in [6.07, 6.45) is 0.473. The first-order valence-electron chi connectivity index (χ1n) is 7.13. The van der Waals surface area contributed by atoms with Crippen LogP contribution in [-0.4, -0.2) is 61.9 Å². The number of amides is 1. The van der Waals surface area contributed by atoms with Gasteiger partial charge in [0.1, 0.15) is 12.1 Å². The Bertz CT molecular complexity index is 455. The number of nitrogens with one attached hydrogen (secondary N) is 1. The van der Waals surface area contributed by atoms with Crippen molar-refractivity contribution in [3.05, 3.63) is 0 Å². The average Bonchev–Trinajstić information content (AvgIpc) is 3.05. The van der Waals surface area contributed by atoms with Crippen molar-refractivity contribution in [3.63, 3.8) is 0 Å². The number of methoxy groups -OCH3 is 2. The third kappa shape index (κ3) is 4.65. The highest BCUT2D eigenvalue weighted by Gasteiger charge is 2.42. The fourth-order valence-electron chi connectivity index (χ4n) is 2.42. The highest BCUT2D eigenvalue weighted by molar-refractivity contribution is 5.96. The van der Waals surface area contributed by atoms with Crippen LogP contribution in [-0.2, 0) is 33.4 Å². The van der Waals surface area contributed by atoms with Crippen LogP contribution in [0.25, 0.3) is 0 Å². The summed E-state index contributed by atoms with van der Waals surface area (Å²) < 4.78 is 14.2. The smallest absolute Gasteiger partial charge is 0.326 e. The molecule has 1 rings (SSSR count). The minimum Gasteiger partial charge on any atom is -0.480 e. The molecule has 1 fully saturated rings. The summed E-state index contributed by atoms with van der Waals surface area (Å²) in [6.45, 7) is 1.78. The highest BCUT2D eigenvalue weighted by Crippen LogP contribution is 2.21. The lowest BCUT2D eigenvalue weighted by molar-refractivity contribution is -0.163. The van der Waals surface area contributed by atoms with Gasteiger partial charge in [0, 0.05) is 12.5 Å².